The fourth-order valence-corrected chi connectivity index (χ4v) is 7.24. The van der Waals surface area contributed by atoms with Crippen LogP contribution in [0, 0.1) is 17.6 Å². The summed E-state index contributed by atoms with van der Waals surface area (Å²) in [6, 6.07) is 19.2. The van der Waals surface area contributed by atoms with Gasteiger partial charge < -0.3 is 43.6 Å². The third-order valence-corrected chi connectivity index (χ3v) is 9.96. The zero-order chi connectivity index (χ0) is 40.0. The van der Waals surface area contributed by atoms with Gasteiger partial charge in [0.05, 0.1) is 37.6 Å². The minimum Gasteiger partial charge on any atom is -0.822 e. The van der Waals surface area contributed by atoms with Crippen LogP contribution in [0.3, 0.4) is 0 Å². The second-order valence-corrected chi connectivity index (χ2v) is 14.7. The number of benzene rings is 3. The molecule has 4 atom stereocenters. The first-order valence-electron chi connectivity index (χ1n) is 18.1. The predicted octanol–water partition coefficient (Wildman–Crippen LogP) is -7.24. The second-order valence-electron chi connectivity index (χ2n) is 13.8. The van der Waals surface area contributed by atoms with Crippen molar-refractivity contribution in [2.45, 2.75) is 51.0 Å². The molecule has 0 spiro atoms. The van der Waals surface area contributed by atoms with Gasteiger partial charge in [-0.3, -0.25) is 0 Å². The van der Waals surface area contributed by atoms with Gasteiger partial charge in [-0.2, -0.15) is 18.0 Å². The Morgan fingerprint density at radius 1 is 0.915 bits per heavy atom. The molecule has 0 unspecified atom stereocenters. The Morgan fingerprint density at radius 2 is 1.49 bits per heavy atom. The third kappa shape index (κ3) is 13.5. The van der Waals surface area contributed by atoms with Crippen LogP contribution in [0.15, 0.2) is 90.5 Å². The molecule has 0 radical (unpaired) electrons. The van der Waals surface area contributed by atoms with Crippen molar-refractivity contribution in [3.05, 3.63) is 113 Å². The van der Waals surface area contributed by atoms with Crippen molar-refractivity contribution in [1.29, 1.82) is 0 Å². The molecule has 2 aliphatic heterocycles. The van der Waals surface area contributed by atoms with E-state index in [1.54, 1.807) is 17.9 Å². The Kier molecular flexibility index (Phi) is 20.0. The molecule has 16 nitrogen and oxygen atoms in total. The molecular weight excluding hydrogens is 822 g/mol. The first-order chi connectivity index (χ1) is 26.7. The average molecular weight is 865 g/mol. The molecule has 0 amide bonds. The van der Waals surface area contributed by atoms with Crippen molar-refractivity contribution in [1.82, 2.24) is 29.1 Å². The van der Waals surface area contributed by atoms with Gasteiger partial charge in [0.1, 0.15) is 42.0 Å². The van der Waals surface area contributed by atoms with Crippen molar-refractivity contribution in [2.75, 3.05) is 49.2 Å². The van der Waals surface area contributed by atoms with Crippen molar-refractivity contribution in [2.24, 2.45) is 5.92 Å². The van der Waals surface area contributed by atoms with Gasteiger partial charge >= 0.3 is 94.4 Å². The molecule has 59 heavy (non-hydrogen) atoms. The van der Waals surface area contributed by atoms with Crippen molar-refractivity contribution in [3.63, 3.8) is 0 Å². The number of halogens is 2. The smallest absolute Gasteiger partial charge is 0.822 e. The van der Waals surface area contributed by atoms with Crippen molar-refractivity contribution in [3.8, 4) is 11.4 Å². The van der Waals surface area contributed by atoms with Gasteiger partial charge in [-0.25, -0.2) is 32.5 Å². The van der Waals surface area contributed by atoms with Gasteiger partial charge in [0, 0.05) is 55.1 Å². The summed E-state index contributed by atoms with van der Waals surface area (Å²) < 4.78 is 54.1. The van der Waals surface area contributed by atoms with Crippen LogP contribution in [0.1, 0.15) is 38.3 Å². The van der Waals surface area contributed by atoms with Crippen molar-refractivity contribution < 1.29 is 131 Å². The normalized spacial score (nSPS) is 18.7. The molecule has 2 aliphatic rings. The zero-order valence-corrected chi connectivity index (χ0v) is 40.7. The molecule has 300 valence electrons. The molecule has 0 bridgehead atoms. The van der Waals surface area contributed by atoms with Gasteiger partial charge in [-0.05, 0) is 74.4 Å². The van der Waals surface area contributed by atoms with Crippen molar-refractivity contribution >= 4 is 19.2 Å². The molecular formula is C37H42F2N8Na3O8P. The molecule has 2 aromatic heterocycles. The number of aromatic nitrogens is 6. The minimum absolute atomic E-state index is 0. The van der Waals surface area contributed by atoms with E-state index in [1.807, 2.05) is 43.3 Å². The molecule has 22 heteroatoms. The van der Waals surface area contributed by atoms with E-state index in [4.69, 9.17) is 28.7 Å². The van der Waals surface area contributed by atoms with Crippen LogP contribution in [0.5, 0.6) is 5.75 Å². The van der Waals surface area contributed by atoms with E-state index >= 15 is 0 Å². The standard InChI is InChI=1S/C37H42F2N8O4.3Na.H3O4P/c1-3-35(26(2)48)47-36(49)46(25-42-47)31-7-5-29(6-8-31)43-14-16-44(17-15-43)30-9-11-32(12-10-30)50-20-27-19-37(51-21-27,22-45-24-40-23-41-45)33-13-4-28(38)18-34(33)39;;;;1-5(2,3)4/h4-13,18,23-27,35,48H,3,14-17,19-22H2,1-2H3;;;;(H3,1,2,3,4)/q;3*+1;/p-3/t26-,27+,35-,37-;;;;/m0..../s1. The van der Waals surface area contributed by atoms with E-state index in [2.05, 4.69) is 37.1 Å². The largest absolute Gasteiger partial charge is 1.00 e. The maximum absolute atomic E-state index is 15.0. The van der Waals surface area contributed by atoms with E-state index in [0.29, 0.717) is 31.6 Å². The number of piperazine rings is 1. The van der Waals surface area contributed by atoms with Gasteiger partial charge in [0.25, 0.3) is 0 Å². The third-order valence-electron chi connectivity index (χ3n) is 9.96. The summed E-state index contributed by atoms with van der Waals surface area (Å²) in [6.45, 7) is 7.97. The molecule has 4 heterocycles. The molecule has 1 N–H and O–H groups in total. The fraction of sp³-hybridized carbons (Fsp3) is 0.405. The molecule has 7 rings (SSSR count). The van der Waals surface area contributed by atoms with Crippen LogP contribution in [0.25, 0.3) is 5.69 Å². The molecule has 2 saturated heterocycles. The Balaban J connectivity index is 0.00000110. The number of nitrogens with zero attached hydrogens (tertiary/aromatic N) is 8. The van der Waals surface area contributed by atoms with Gasteiger partial charge in [0.2, 0.25) is 0 Å². The molecule has 0 saturated carbocycles. The number of anilines is 2. The molecule has 5 aromatic rings. The summed E-state index contributed by atoms with van der Waals surface area (Å²) in [5.74, 6) is -0.563. The minimum atomic E-state index is -5.39. The number of aliphatic hydroxyl groups excluding tert-OH is 1. The van der Waals surface area contributed by atoms with Gasteiger partial charge in [-0.15, -0.1) is 0 Å². The van der Waals surface area contributed by atoms with Crippen LogP contribution in [0.4, 0.5) is 20.2 Å². The van der Waals surface area contributed by atoms with E-state index in [0.717, 1.165) is 55.1 Å². The predicted molar refractivity (Wildman–Crippen MR) is 195 cm³/mol. The zero-order valence-electron chi connectivity index (χ0n) is 33.8. The number of phosphoric acid groups is 1. The van der Waals surface area contributed by atoms with Crippen LogP contribution in [-0.2, 0) is 21.4 Å². The Morgan fingerprint density at radius 3 is 2.02 bits per heavy atom. The Hall–Kier alpha value is -1.97. The number of hydrogen-bond acceptors (Lipinski definition) is 13. The summed E-state index contributed by atoms with van der Waals surface area (Å²) in [4.78, 5) is 47.3. The quantitative estimate of drug-likeness (QED) is 0.0918. The van der Waals surface area contributed by atoms with Gasteiger partial charge in [-0.1, -0.05) is 13.0 Å². The maximum Gasteiger partial charge on any atom is 1.00 e. The second kappa shape index (κ2) is 22.9. The van der Waals surface area contributed by atoms with E-state index in [9.17, 15) is 18.7 Å². The number of hydrogen-bond donors (Lipinski definition) is 1. The SMILES string of the molecule is CC[C@@H]([C@H](C)O)n1ncn(-c2ccc(N3CCN(c4ccc(OC[C@@H]5CO[C@@](Cn6cncn6)(c6ccc(F)cc6F)C5)cc4)CC3)cc2)c1=O.O=P([O-])([O-])[O-].[Na+].[Na+].[Na+]. The summed E-state index contributed by atoms with van der Waals surface area (Å²) in [5.41, 5.74) is 1.93. The van der Waals surface area contributed by atoms with E-state index < -0.39 is 31.2 Å². The summed E-state index contributed by atoms with van der Waals surface area (Å²) in [6.07, 6.45) is 4.88. The van der Waals surface area contributed by atoms with Gasteiger partial charge in [0.15, 0.2) is 0 Å². The number of rotatable bonds is 12. The molecule has 2 fully saturated rings. The first-order valence-corrected chi connectivity index (χ1v) is 19.5. The summed E-state index contributed by atoms with van der Waals surface area (Å²) >= 11 is 0. The molecule has 0 aliphatic carbocycles. The van der Waals surface area contributed by atoms with E-state index in [-0.39, 0.29) is 113 Å². The van der Waals surface area contributed by atoms with Crippen LogP contribution in [-0.4, -0.2) is 79.7 Å². The Labute approximate surface area is 406 Å². The van der Waals surface area contributed by atoms with E-state index in [1.165, 1.54) is 34.0 Å². The molecule has 3 aromatic carbocycles. The fourth-order valence-electron chi connectivity index (χ4n) is 7.24. The first kappa shape index (κ1) is 51.4. The summed E-state index contributed by atoms with van der Waals surface area (Å²) in [7, 11) is -5.39. The van der Waals surface area contributed by atoms with Crippen LogP contribution < -0.4 is 124 Å². The van der Waals surface area contributed by atoms with Crippen LogP contribution >= 0.6 is 7.82 Å². The average Bonchev–Trinajstić information content (AvgIpc) is 3.92. The number of ether oxygens (including phenoxy) is 2. The monoisotopic (exact) mass is 864 g/mol. The topological polar surface area (TPSA) is 202 Å². The maximum atomic E-state index is 15.0. The summed E-state index contributed by atoms with van der Waals surface area (Å²) in [5, 5.41) is 18.5. The Bertz CT molecular complexity index is 2150. The number of aliphatic hydroxyl groups is 1. The van der Waals surface area contributed by atoms with Crippen LogP contribution in [0.2, 0.25) is 0 Å².